The van der Waals surface area contributed by atoms with E-state index in [2.05, 4.69) is 11.4 Å². The molecule has 0 atom stereocenters. The van der Waals surface area contributed by atoms with Gasteiger partial charge in [0.05, 0.1) is 33.2 Å². The first-order chi connectivity index (χ1) is 12.5. The Labute approximate surface area is 154 Å². The number of rotatable bonds is 3. The number of nitrogen functional groups attached to an aromatic ring is 1. The van der Waals surface area contributed by atoms with Gasteiger partial charge in [-0.2, -0.15) is 10.5 Å². The number of benzene rings is 3. The van der Waals surface area contributed by atoms with Gasteiger partial charge in [-0.15, -0.1) is 0 Å². The summed E-state index contributed by atoms with van der Waals surface area (Å²) in [5.41, 5.74) is 9.34. The Morgan fingerprint density at radius 2 is 1.69 bits per heavy atom. The third kappa shape index (κ3) is 3.30. The second kappa shape index (κ2) is 7.14. The summed E-state index contributed by atoms with van der Waals surface area (Å²) >= 11 is 5.97. The second-order valence-electron chi connectivity index (χ2n) is 5.50. The monoisotopic (exact) mass is 362 g/mol. The molecule has 0 aliphatic carbocycles. The van der Waals surface area contributed by atoms with Crippen molar-refractivity contribution in [2.45, 2.75) is 0 Å². The van der Waals surface area contributed by atoms with Crippen LogP contribution in [0.15, 0.2) is 54.6 Å². The molecule has 3 rings (SSSR count). The van der Waals surface area contributed by atoms with Crippen molar-refractivity contribution in [2.75, 3.05) is 11.1 Å². The molecule has 0 saturated carbocycles. The molecule has 0 saturated heterocycles. The first kappa shape index (κ1) is 17.3. The number of anilines is 3. The number of hydrogen-bond acceptors (Lipinski definition) is 4. The summed E-state index contributed by atoms with van der Waals surface area (Å²) in [6, 6.07) is 18.4. The number of nitrogens with two attached hydrogens (primary N) is 1. The molecule has 0 aromatic heterocycles. The van der Waals surface area contributed by atoms with E-state index in [-0.39, 0.29) is 16.4 Å². The Hall–Kier alpha value is -3.54. The van der Waals surface area contributed by atoms with E-state index < -0.39 is 0 Å². The Morgan fingerprint density at radius 3 is 2.35 bits per heavy atom. The van der Waals surface area contributed by atoms with E-state index in [0.717, 1.165) is 0 Å². The summed E-state index contributed by atoms with van der Waals surface area (Å²) in [6.07, 6.45) is 0. The highest BCUT2D eigenvalue weighted by atomic mass is 35.5. The van der Waals surface area contributed by atoms with Gasteiger partial charge in [-0.25, -0.2) is 4.39 Å². The normalized spacial score (nSPS) is 10.0. The maximum absolute atomic E-state index is 13.2. The Morgan fingerprint density at radius 1 is 0.962 bits per heavy atom. The number of nitriles is 2. The smallest absolute Gasteiger partial charge is 0.123 e. The maximum Gasteiger partial charge on any atom is 0.123 e. The minimum absolute atomic E-state index is 0.260. The van der Waals surface area contributed by atoms with E-state index in [1.54, 1.807) is 30.3 Å². The van der Waals surface area contributed by atoms with Gasteiger partial charge in [-0.3, -0.25) is 0 Å². The van der Waals surface area contributed by atoms with Crippen LogP contribution >= 0.6 is 11.6 Å². The number of hydrogen-bond donors (Lipinski definition) is 2. The van der Waals surface area contributed by atoms with Crippen molar-refractivity contribution < 1.29 is 4.39 Å². The average molecular weight is 363 g/mol. The molecule has 0 fully saturated rings. The predicted molar refractivity (Wildman–Crippen MR) is 100 cm³/mol. The molecule has 0 aliphatic rings. The molecule has 0 aliphatic heterocycles. The van der Waals surface area contributed by atoms with Crippen LogP contribution < -0.4 is 11.1 Å². The molecule has 26 heavy (non-hydrogen) atoms. The van der Waals surface area contributed by atoms with Crippen LogP contribution in [0.1, 0.15) is 11.1 Å². The number of nitrogens with one attached hydrogen (secondary N) is 1. The van der Waals surface area contributed by atoms with Crippen molar-refractivity contribution in [1.29, 1.82) is 10.5 Å². The van der Waals surface area contributed by atoms with Crippen LogP contribution in [-0.4, -0.2) is 0 Å². The molecule has 3 N–H and O–H groups in total. The van der Waals surface area contributed by atoms with Crippen molar-refractivity contribution in [1.82, 2.24) is 0 Å². The summed E-state index contributed by atoms with van der Waals surface area (Å²) in [5.74, 6) is -0.348. The van der Waals surface area contributed by atoms with Crippen molar-refractivity contribution in [3.05, 3.63) is 76.6 Å². The fourth-order valence-corrected chi connectivity index (χ4v) is 2.79. The lowest BCUT2D eigenvalue weighted by molar-refractivity contribution is 0.628. The van der Waals surface area contributed by atoms with Gasteiger partial charge < -0.3 is 11.1 Å². The molecule has 4 nitrogen and oxygen atoms in total. The Kier molecular flexibility index (Phi) is 4.75. The molecule has 126 valence electrons. The lowest BCUT2D eigenvalue weighted by Crippen LogP contribution is -2.00. The largest absolute Gasteiger partial charge is 0.397 e. The third-order valence-corrected chi connectivity index (χ3v) is 4.17. The standard InChI is InChI=1S/C20H12ClFN4/c21-17-9-18(25)20(8-13(17)10-23)26-19-3-1-2-15(16(19)11-24)12-4-6-14(22)7-5-12/h1-9,26H,25H2. The quantitative estimate of drug-likeness (QED) is 0.626. The topological polar surface area (TPSA) is 85.6 Å². The van der Waals surface area contributed by atoms with Gasteiger partial charge in [0.15, 0.2) is 0 Å². The van der Waals surface area contributed by atoms with Gasteiger partial charge in [-0.05, 0) is 35.9 Å². The van der Waals surface area contributed by atoms with Crippen molar-refractivity contribution >= 4 is 28.7 Å². The third-order valence-electron chi connectivity index (χ3n) is 3.86. The minimum atomic E-state index is -0.348. The maximum atomic E-state index is 13.2. The summed E-state index contributed by atoms with van der Waals surface area (Å²) in [7, 11) is 0. The van der Waals surface area contributed by atoms with Gasteiger partial charge in [0.25, 0.3) is 0 Å². The minimum Gasteiger partial charge on any atom is -0.397 e. The number of halogens is 2. The molecule has 0 spiro atoms. The molecule has 0 heterocycles. The van der Waals surface area contributed by atoms with Crippen LogP contribution in [0.2, 0.25) is 5.02 Å². The van der Waals surface area contributed by atoms with Crippen LogP contribution in [0.4, 0.5) is 21.5 Å². The molecule has 0 radical (unpaired) electrons. The zero-order valence-electron chi connectivity index (χ0n) is 13.4. The van der Waals surface area contributed by atoms with Gasteiger partial charge in [0.1, 0.15) is 18.0 Å². The van der Waals surface area contributed by atoms with Crippen molar-refractivity contribution in [2.24, 2.45) is 0 Å². The summed E-state index contributed by atoms with van der Waals surface area (Å²) in [5, 5.41) is 22.1. The van der Waals surface area contributed by atoms with Gasteiger partial charge in [-0.1, -0.05) is 35.9 Å². The highest BCUT2D eigenvalue weighted by Gasteiger charge is 2.13. The van der Waals surface area contributed by atoms with E-state index in [1.807, 2.05) is 6.07 Å². The molecule has 0 bridgehead atoms. The van der Waals surface area contributed by atoms with Crippen LogP contribution in [0, 0.1) is 28.5 Å². The molecule has 0 unspecified atom stereocenters. The summed E-state index contributed by atoms with van der Waals surface area (Å²) in [6.45, 7) is 0. The Bertz CT molecular complexity index is 1060. The molecule has 3 aromatic rings. The Balaban J connectivity index is 2.08. The number of nitrogens with zero attached hydrogens (tertiary/aromatic N) is 2. The van der Waals surface area contributed by atoms with Crippen LogP contribution in [0.3, 0.4) is 0 Å². The molecular formula is C20H12ClFN4. The van der Waals surface area contributed by atoms with Gasteiger partial charge in [0, 0.05) is 5.56 Å². The average Bonchev–Trinajstić information content (AvgIpc) is 2.64. The lowest BCUT2D eigenvalue weighted by atomic mass is 9.98. The first-order valence-electron chi connectivity index (χ1n) is 7.58. The highest BCUT2D eigenvalue weighted by Crippen LogP contribution is 2.34. The predicted octanol–water partition coefficient (Wildman–Crippen LogP) is 5.22. The van der Waals surface area contributed by atoms with E-state index in [1.165, 1.54) is 24.3 Å². The summed E-state index contributed by atoms with van der Waals surface area (Å²) < 4.78 is 13.2. The van der Waals surface area contributed by atoms with E-state index >= 15 is 0 Å². The van der Waals surface area contributed by atoms with Gasteiger partial charge >= 0.3 is 0 Å². The molecule has 0 amide bonds. The zero-order chi connectivity index (χ0) is 18.7. The second-order valence-corrected chi connectivity index (χ2v) is 5.91. The molecular weight excluding hydrogens is 351 g/mol. The van der Waals surface area contributed by atoms with E-state index in [4.69, 9.17) is 22.6 Å². The van der Waals surface area contributed by atoms with Crippen molar-refractivity contribution in [3.8, 4) is 23.3 Å². The van der Waals surface area contributed by atoms with Gasteiger partial charge in [0.2, 0.25) is 0 Å². The van der Waals surface area contributed by atoms with E-state index in [9.17, 15) is 9.65 Å². The molecule has 6 heteroatoms. The van der Waals surface area contributed by atoms with Crippen LogP contribution in [-0.2, 0) is 0 Å². The lowest BCUT2D eigenvalue weighted by Gasteiger charge is -2.14. The highest BCUT2D eigenvalue weighted by molar-refractivity contribution is 6.32. The van der Waals surface area contributed by atoms with E-state index in [0.29, 0.717) is 33.8 Å². The first-order valence-corrected chi connectivity index (χ1v) is 7.96. The van der Waals surface area contributed by atoms with Crippen molar-refractivity contribution in [3.63, 3.8) is 0 Å². The zero-order valence-corrected chi connectivity index (χ0v) is 14.2. The summed E-state index contributed by atoms with van der Waals surface area (Å²) in [4.78, 5) is 0. The fourth-order valence-electron chi connectivity index (χ4n) is 2.57. The fraction of sp³-hybridized carbons (Fsp3) is 0. The SMILES string of the molecule is N#Cc1cc(Nc2cccc(-c3ccc(F)cc3)c2C#N)c(N)cc1Cl. The molecule has 3 aromatic carbocycles. The van der Waals surface area contributed by atoms with Crippen LogP contribution in [0.5, 0.6) is 0 Å². The van der Waals surface area contributed by atoms with Crippen LogP contribution in [0.25, 0.3) is 11.1 Å².